The van der Waals surface area contributed by atoms with Crippen LogP contribution in [0.3, 0.4) is 0 Å². The topological polar surface area (TPSA) is 35.6 Å². The smallest absolute Gasteiger partial charge is 0.250 e. The maximum atomic E-state index is 12.3. The molecule has 3 rings (SSSR count). The minimum Gasteiger partial charge on any atom is -0.355 e. The van der Waals surface area contributed by atoms with E-state index in [0.717, 1.165) is 31.7 Å². The Morgan fingerprint density at radius 1 is 1.39 bits per heavy atom. The molecule has 0 spiro atoms. The summed E-state index contributed by atoms with van der Waals surface area (Å²) in [7, 11) is 1.87. The van der Waals surface area contributed by atoms with Gasteiger partial charge in [0.25, 0.3) is 5.91 Å². The third-order valence-corrected chi connectivity index (χ3v) is 3.98. The number of piperazine rings is 1. The zero-order valence-corrected chi connectivity index (χ0v) is 10.9. The number of amides is 1. The number of hydrogen-bond donors (Lipinski definition) is 1. The number of nitrogens with zero attached hydrogens (tertiary/aromatic N) is 2. The Labute approximate surface area is 108 Å². The van der Waals surface area contributed by atoms with Gasteiger partial charge in [0.2, 0.25) is 0 Å². The molecule has 1 atom stereocenters. The van der Waals surface area contributed by atoms with Crippen molar-refractivity contribution in [1.29, 1.82) is 0 Å². The first kappa shape index (κ1) is 11.5. The van der Waals surface area contributed by atoms with Gasteiger partial charge in [-0.1, -0.05) is 13.0 Å². The van der Waals surface area contributed by atoms with Crippen LogP contribution < -0.4 is 15.1 Å². The molecule has 1 fully saturated rings. The molecule has 2 heterocycles. The first-order valence-electron chi connectivity index (χ1n) is 6.60. The van der Waals surface area contributed by atoms with Gasteiger partial charge >= 0.3 is 0 Å². The van der Waals surface area contributed by atoms with E-state index in [-0.39, 0.29) is 11.9 Å². The molecule has 0 saturated carbocycles. The van der Waals surface area contributed by atoms with Crippen LogP contribution >= 0.6 is 0 Å². The van der Waals surface area contributed by atoms with E-state index >= 15 is 0 Å². The fourth-order valence-corrected chi connectivity index (χ4v) is 2.86. The Bertz CT molecular complexity index is 486. The van der Waals surface area contributed by atoms with Gasteiger partial charge in [-0.15, -0.1) is 0 Å². The summed E-state index contributed by atoms with van der Waals surface area (Å²) >= 11 is 0. The average molecular weight is 245 g/mol. The molecule has 1 saturated heterocycles. The molecule has 0 radical (unpaired) electrons. The molecule has 1 N–H and O–H groups in total. The third-order valence-electron chi connectivity index (χ3n) is 3.98. The summed E-state index contributed by atoms with van der Waals surface area (Å²) in [6.45, 7) is 4.77. The lowest BCUT2D eigenvalue weighted by atomic mass is 10.0. The van der Waals surface area contributed by atoms with Gasteiger partial charge in [0, 0.05) is 26.7 Å². The van der Waals surface area contributed by atoms with Crippen molar-refractivity contribution < 1.29 is 4.79 Å². The van der Waals surface area contributed by atoms with Crippen LogP contribution in [0.5, 0.6) is 0 Å². The SMILES string of the molecule is CCc1ccc2c(c1)N1CCNCC1C(=O)N2C. The van der Waals surface area contributed by atoms with Crippen LogP contribution in [0.25, 0.3) is 0 Å². The minimum absolute atomic E-state index is 0.0386. The Morgan fingerprint density at radius 2 is 2.22 bits per heavy atom. The zero-order valence-electron chi connectivity index (χ0n) is 10.9. The predicted octanol–water partition coefficient (Wildman–Crippen LogP) is 1.00. The van der Waals surface area contributed by atoms with Gasteiger partial charge in [-0.25, -0.2) is 0 Å². The number of rotatable bonds is 1. The van der Waals surface area contributed by atoms with E-state index in [1.54, 1.807) is 4.90 Å². The van der Waals surface area contributed by atoms with E-state index in [2.05, 4.69) is 35.3 Å². The Hall–Kier alpha value is -1.55. The molecule has 2 aliphatic rings. The minimum atomic E-state index is -0.0386. The van der Waals surface area contributed by atoms with Crippen molar-refractivity contribution in [3.05, 3.63) is 23.8 Å². The van der Waals surface area contributed by atoms with E-state index in [4.69, 9.17) is 0 Å². The van der Waals surface area contributed by atoms with Gasteiger partial charge in [-0.05, 0) is 24.1 Å². The molecular weight excluding hydrogens is 226 g/mol. The van der Waals surface area contributed by atoms with Crippen molar-refractivity contribution in [2.75, 3.05) is 36.5 Å². The summed E-state index contributed by atoms with van der Waals surface area (Å²) in [4.78, 5) is 16.4. The summed E-state index contributed by atoms with van der Waals surface area (Å²) in [5.41, 5.74) is 3.58. The standard InChI is InChI=1S/C14H19N3O/c1-3-10-4-5-11-12(8-10)17-7-6-15-9-13(17)14(18)16(11)2/h4-5,8,13,15H,3,6-7,9H2,1-2H3. The van der Waals surface area contributed by atoms with Crippen LogP contribution in [0.15, 0.2) is 18.2 Å². The second kappa shape index (κ2) is 4.28. The van der Waals surface area contributed by atoms with Crippen LogP contribution in [-0.2, 0) is 11.2 Å². The van der Waals surface area contributed by atoms with Crippen LogP contribution in [0.2, 0.25) is 0 Å². The lowest BCUT2D eigenvalue weighted by Gasteiger charge is -2.44. The largest absolute Gasteiger partial charge is 0.355 e. The quantitative estimate of drug-likeness (QED) is 0.802. The number of nitrogens with one attached hydrogen (secondary N) is 1. The summed E-state index contributed by atoms with van der Waals surface area (Å²) in [6.07, 6.45) is 1.03. The molecule has 1 amide bonds. The lowest BCUT2D eigenvalue weighted by molar-refractivity contribution is -0.120. The van der Waals surface area contributed by atoms with E-state index in [0.29, 0.717) is 0 Å². The normalized spacial score (nSPS) is 22.8. The molecule has 2 aliphatic heterocycles. The maximum Gasteiger partial charge on any atom is 0.250 e. The number of aryl methyl sites for hydroxylation is 1. The van der Waals surface area contributed by atoms with Gasteiger partial charge in [-0.3, -0.25) is 4.79 Å². The molecule has 1 aromatic carbocycles. The molecule has 1 unspecified atom stereocenters. The summed E-state index contributed by atoms with van der Waals surface area (Å²) in [6, 6.07) is 6.38. The van der Waals surface area contributed by atoms with E-state index in [1.165, 1.54) is 11.3 Å². The Morgan fingerprint density at radius 3 is 3.00 bits per heavy atom. The second-order valence-electron chi connectivity index (χ2n) is 4.99. The highest BCUT2D eigenvalue weighted by molar-refractivity contribution is 6.05. The van der Waals surface area contributed by atoms with Gasteiger partial charge in [0.1, 0.15) is 6.04 Å². The first-order valence-corrected chi connectivity index (χ1v) is 6.60. The number of benzene rings is 1. The summed E-state index contributed by atoms with van der Waals surface area (Å²) in [5, 5.41) is 3.31. The van der Waals surface area contributed by atoms with E-state index < -0.39 is 0 Å². The van der Waals surface area contributed by atoms with Gasteiger partial charge in [0.05, 0.1) is 11.4 Å². The Balaban J connectivity index is 2.10. The van der Waals surface area contributed by atoms with E-state index in [9.17, 15) is 4.79 Å². The van der Waals surface area contributed by atoms with Crippen LogP contribution in [0.4, 0.5) is 11.4 Å². The second-order valence-corrected chi connectivity index (χ2v) is 4.99. The number of hydrogen-bond acceptors (Lipinski definition) is 3. The van der Waals surface area contributed by atoms with E-state index in [1.807, 2.05) is 7.05 Å². The maximum absolute atomic E-state index is 12.3. The predicted molar refractivity (Wildman–Crippen MR) is 73.2 cm³/mol. The van der Waals surface area contributed by atoms with Gasteiger partial charge in [0.15, 0.2) is 0 Å². The molecule has 1 aromatic rings. The monoisotopic (exact) mass is 245 g/mol. The highest BCUT2D eigenvalue weighted by Crippen LogP contribution is 2.36. The summed E-state index contributed by atoms with van der Waals surface area (Å²) in [5.74, 6) is 0.193. The fraction of sp³-hybridized carbons (Fsp3) is 0.500. The molecule has 0 aromatic heterocycles. The van der Waals surface area contributed by atoms with Crippen LogP contribution in [0.1, 0.15) is 12.5 Å². The molecular formula is C14H19N3O. The molecule has 4 nitrogen and oxygen atoms in total. The van der Waals surface area contributed by atoms with Crippen LogP contribution in [0, 0.1) is 0 Å². The molecule has 4 heteroatoms. The summed E-state index contributed by atoms with van der Waals surface area (Å²) < 4.78 is 0. The van der Waals surface area contributed by atoms with Crippen molar-refractivity contribution in [2.45, 2.75) is 19.4 Å². The molecule has 96 valence electrons. The Kier molecular flexibility index (Phi) is 2.74. The fourth-order valence-electron chi connectivity index (χ4n) is 2.86. The van der Waals surface area contributed by atoms with Crippen molar-refractivity contribution in [1.82, 2.24) is 5.32 Å². The molecule has 0 bridgehead atoms. The molecule has 0 aliphatic carbocycles. The van der Waals surface area contributed by atoms with Gasteiger partial charge < -0.3 is 15.1 Å². The molecule has 18 heavy (non-hydrogen) atoms. The highest BCUT2D eigenvalue weighted by atomic mass is 16.2. The number of anilines is 2. The first-order chi connectivity index (χ1) is 8.72. The number of carbonyl (C=O) groups is 1. The van der Waals surface area contributed by atoms with Crippen molar-refractivity contribution in [3.63, 3.8) is 0 Å². The number of likely N-dealkylation sites (N-methyl/N-ethyl adjacent to an activating group) is 1. The van der Waals surface area contributed by atoms with Gasteiger partial charge in [-0.2, -0.15) is 0 Å². The third kappa shape index (κ3) is 1.60. The van der Waals surface area contributed by atoms with Crippen molar-refractivity contribution in [3.8, 4) is 0 Å². The average Bonchev–Trinajstić information content (AvgIpc) is 2.44. The number of carbonyl (C=O) groups excluding carboxylic acids is 1. The van der Waals surface area contributed by atoms with Crippen molar-refractivity contribution >= 4 is 17.3 Å². The van der Waals surface area contributed by atoms with Crippen molar-refractivity contribution in [2.24, 2.45) is 0 Å². The number of fused-ring (bicyclic) bond motifs is 3. The zero-order chi connectivity index (χ0) is 12.7. The lowest BCUT2D eigenvalue weighted by Crippen LogP contribution is -2.61. The highest BCUT2D eigenvalue weighted by Gasteiger charge is 2.37. The van der Waals surface area contributed by atoms with Crippen LogP contribution in [-0.4, -0.2) is 38.6 Å².